The quantitative estimate of drug-likeness (QED) is 0.702. The summed E-state index contributed by atoms with van der Waals surface area (Å²) in [7, 11) is 0. The van der Waals surface area contributed by atoms with Crippen molar-refractivity contribution in [3.05, 3.63) is 71.8 Å². The van der Waals surface area contributed by atoms with E-state index in [-0.39, 0.29) is 0 Å². The number of nitrogens with zero attached hydrogens (tertiary/aromatic N) is 1. The predicted octanol–water partition coefficient (Wildman–Crippen LogP) is 5.04. The van der Waals surface area contributed by atoms with E-state index in [4.69, 9.17) is 0 Å². The van der Waals surface area contributed by atoms with Gasteiger partial charge in [0.25, 0.3) is 0 Å². The van der Waals surface area contributed by atoms with Crippen molar-refractivity contribution in [2.24, 2.45) is 0 Å². The molecule has 0 bridgehead atoms. The Kier molecular flexibility index (Phi) is 4.26. The Morgan fingerprint density at radius 2 is 1.48 bits per heavy atom. The Balaban J connectivity index is 1.74. The second-order valence-electron chi connectivity index (χ2n) is 7.39. The lowest BCUT2D eigenvalue weighted by molar-refractivity contribution is 0.364. The smallest absolute Gasteiger partial charge is 0.220 e. The maximum absolute atomic E-state index is 2.79. The van der Waals surface area contributed by atoms with Crippen LogP contribution >= 0.6 is 0 Å². The molecule has 2 heteroatoms. The zero-order valence-electron chi connectivity index (χ0n) is 14.1. The molecule has 0 spiro atoms. The van der Waals surface area contributed by atoms with E-state index >= 15 is 0 Å². The minimum absolute atomic E-state index is 0.638. The number of fused-ring (bicyclic) bond motifs is 1. The van der Waals surface area contributed by atoms with Gasteiger partial charge in [-0.15, -0.1) is 0 Å². The highest BCUT2D eigenvalue weighted by Gasteiger charge is 2.40. The topological polar surface area (TPSA) is 3.24 Å². The van der Waals surface area contributed by atoms with Crippen LogP contribution < -0.4 is 0 Å². The van der Waals surface area contributed by atoms with Gasteiger partial charge in [0.05, 0.1) is 0 Å². The van der Waals surface area contributed by atoms with Crippen LogP contribution in [0.15, 0.2) is 60.7 Å². The van der Waals surface area contributed by atoms with Crippen LogP contribution in [0.25, 0.3) is 0 Å². The number of benzene rings is 2. The van der Waals surface area contributed by atoms with Crippen LogP contribution in [-0.4, -0.2) is 24.2 Å². The second-order valence-corrected chi connectivity index (χ2v) is 7.39. The third kappa shape index (κ3) is 2.97. The molecular formula is C21H26BN. The van der Waals surface area contributed by atoms with Crippen molar-refractivity contribution >= 4 is 6.85 Å². The fourth-order valence-corrected chi connectivity index (χ4v) is 4.95. The lowest BCUT2D eigenvalue weighted by Crippen LogP contribution is -2.39. The molecule has 2 aromatic carbocycles. The third-order valence-corrected chi connectivity index (χ3v) is 6.05. The monoisotopic (exact) mass is 303 g/mol. The van der Waals surface area contributed by atoms with Gasteiger partial charge in [-0.3, -0.25) is 0 Å². The van der Waals surface area contributed by atoms with Gasteiger partial charge >= 0.3 is 0 Å². The molecular weight excluding hydrogens is 277 g/mol. The molecule has 1 nitrogen and oxygen atoms in total. The van der Waals surface area contributed by atoms with Crippen molar-refractivity contribution in [1.82, 2.24) is 4.81 Å². The van der Waals surface area contributed by atoms with Gasteiger partial charge in [0.1, 0.15) is 0 Å². The maximum atomic E-state index is 2.79. The van der Waals surface area contributed by atoms with Crippen molar-refractivity contribution in [2.75, 3.05) is 6.54 Å². The number of hydrogen-bond acceptors (Lipinski definition) is 1. The summed E-state index contributed by atoms with van der Waals surface area (Å²) in [5.74, 6) is 1.29. The van der Waals surface area contributed by atoms with Gasteiger partial charge in [-0.25, -0.2) is 0 Å². The van der Waals surface area contributed by atoms with E-state index in [1.54, 1.807) is 0 Å². The molecule has 0 amide bonds. The van der Waals surface area contributed by atoms with Crippen LogP contribution in [0.2, 0.25) is 13.1 Å². The first-order chi connectivity index (χ1) is 11.3. The molecule has 23 heavy (non-hydrogen) atoms. The summed E-state index contributed by atoms with van der Waals surface area (Å²) in [4.78, 5) is 2.79. The summed E-state index contributed by atoms with van der Waals surface area (Å²) in [6.45, 7) is 4.44. The van der Waals surface area contributed by atoms with Gasteiger partial charge in [-0.05, 0) is 54.8 Å². The Morgan fingerprint density at radius 3 is 2.13 bits per heavy atom. The summed E-state index contributed by atoms with van der Waals surface area (Å²) in [5.41, 5.74) is 3.05. The summed E-state index contributed by atoms with van der Waals surface area (Å²) in [6, 6.07) is 23.2. The van der Waals surface area contributed by atoms with Crippen molar-refractivity contribution < 1.29 is 0 Å². The van der Waals surface area contributed by atoms with Crippen LogP contribution in [0.5, 0.6) is 0 Å². The molecule has 118 valence electrons. The Labute approximate surface area is 140 Å². The van der Waals surface area contributed by atoms with Crippen LogP contribution in [-0.2, 0) is 0 Å². The molecule has 2 fully saturated rings. The first-order valence-corrected chi connectivity index (χ1v) is 9.18. The van der Waals surface area contributed by atoms with E-state index in [9.17, 15) is 0 Å². The summed E-state index contributed by atoms with van der Waals surface area (Å²) in [5, 5.41) is 0. The highest BCUT2D eigenvalue weighted by molar-refractivity contribution is 6.54. The average Bonchev–Trinajstić information content (AvgIpc) is 3.03. The van der Waals surface area contributed by atoms with E-state index in [1.807, 2.05) is 0 Å². The van der Waals surface area contributed by atoms with Crippen LogP contribution in [0.4, 0.5) is 0 Å². The van der Waals surface area contributed by atoms with Crippen molar-refractivity contribution in [1.29, 1.82) is 0 Å². The van der Waals surface area contributed by atoms with Gasteiger partial charge in [0, 0.05) is 0 Å². The molecule has 2 aromatic rings. The van der Waals surface area contributed by atoms with Crippen LogP contribution in [0.3, 0.4) is 0 Å². The zero-order chi connectivity index (χ0) is 15.6. The molecule has 3 atom stereocenters. The fourth-order valence-electron chi connectivity index (χ4n) is 4.95. The normalized spacial score (nSPS) is 28.4. The maximum Gasteiger partial charge on any atom is 0.220 e. The molecule has 2 aliphatic rings. The molecule has 0 aliphatic carbocycles. The minimum Gasteiger partial charge on any atom is -0.339 e. The van der Waals surface area contributed by atoms with E-state index in [1.165, 1.54) is 43.3 Å². The number of hydrogen-bond donors (Lipinski definition) is 0. The van der Waals surface area contributed by atoms with Crippen LogP contribution in [0.1, 0.15) is 42.2 Å². The second kappa shape index (κ2) is 6.53. The van der Waals surface area contributed by atoms with E-state index in [2.05, 4.69) is 72.3 Å². The highest BCUT2D eigenvalue weighted by atomic mass is 15.1. The van der Waals surface area contributed by atoms with Gasteiger partial charge in [-0.1, -0.05) is 73.8 Å². The molecule has 3 unspecified atom stereocenters. The molecule has 2 saturated heterocycles. The zero-order valence-corrected chi connectivity index (χ0v) is 14.1. The molecule has 4 rings (SSSR count). The summed E-state index contributed by atoms with van der Waals surface area (Å²) in [6.07, 6.45) is 5.36. The van der Waals surface area contributed by atoms with Gasteiger partial charge in [0.2, 0.25) is 6.85 Å². The lowest BCUT2D eigenvalue weighted by atomic mass is 9.55. The van der Waals surface area contributed by atoms with Gasteiger partial charge < -0.3 is 4.81 Å². The Hall–Kier alpha value is -1.54. The fraction of sp³-hybridized carbons (Fsp3) is 0.429. The third-order valence-electron chi connectivity index (χ3n) is 6.05. The molecule has 0 saturated carbocycles. The van der Waals surface area contributed by atoms with Crippen LogP contribution in [0, 0.1) is 0 Å². The predicted molar refractivity (Wildman–Crippen MR) is 99.1 cm³/mol. The number of rotatable bonds is 2. The molecule has 0 aromatic heterocycles. The van der Waals surface area contributed by atoms with Crippen molar-refractivity contribution in [2.45, 2.75) is 50.3 Å². The largest absolute Gasteiger partial charge is 0.339 e. The van der Waals surface area contributed by atoms with Gasteiger partial charge in [0.15, 0.2) is 0 Å². The molecule has 2 aliphatic heterocycles. The SMILES string of the molecule is CB1CC(c2ccccc2)C(c2ccccc2)CC2CCCN12. The summed E-state index contributed by atoms with van der Waals surface area (Å²) >= 11 is 0. The minimum atomic E-state index is 0.638. The first kappa shape index (κ1) is 15.0. The molecule has 2 heterocycles. The Morgan fingerprint density at radius 1 is 0.870 bits per heavy atom. The average molecular weight is 303 g/mol. The van der Waals surface area contributed by atoms with Gasteiger partial charge in [-0.2, -0.15) is 0 Å². The van der Waals surface area contributed by atoms with E-state index < -0.39 is 0 Å². The van der Waals surface area contributed by atoms with Crippen molar-refractivity contribution in [3.63, 3.8) is 0 Å². The van der Waals surface area contributed by atoms with E-state index in [0.717, 1.165) is 6.04 Å². The van der Waals surface area contributed by atoms with E-state index in [0.29, 0.717) is 18.7 Å². The lowest BCUT2D eigenvalue weighted by Gasteiger charge is -2.28. The Bertz CT molecular complexity index is 627. The van der Waals surface area contributed by atoms with Crippen molar-refractivity contribution in [3.8, 4) is 0 Å². The standard InChI is InChI=1S/C21H26BN/c1-22-16-21(18-11-6-3-7-12-18)20(17-9-4-2-5-10-17)15-19-13-8-14-23(19)22/h2-7,9-12,19-21H,8,13-16H2,1H3. The molecule has 0 N–H and O–H groups in total. The first-order valence-electron chi connectivity index (χ1n) is 9.18. The summed E-state index contributed by atoms with van der Waals surface area (Å²) < 4.78 is 0. The highest BCUT2D eigenvalue weighted by Crippen LogP contribution is 2.45. The molecule has 0 radical (unpaired) electrons.